The van der Waals surface area contributed by atoms with Crippen LogP contribution in [0.2, 0.25) is 0 Å². The lowest BCUT2D eigenvalue weighted by molar-refractivity contribution is 0.00504. The molecule has 11 heavy (non-hydrogen) atoms. The first-order valence-electron chi connectivity index (χ1n) is 3.48. The Morgan fingerprint density at radius 3 is 1.73 bits per heavy atom. The SMILES string of the molecule is CCOCOSOCOCC. The summed E-state index contributed by atoms with van der Waals surface area (Å²) in [4.78, 5) is 0. The van der Waals surface area contributed by atoms with Gasteiger partial charge in [0.05, 0.1) is 0 Å². The van der Waals surface area contributed by atoms with E-state index in [0.29, 0.717) is 13.2 Å². The highest BCUT2D eigenvalue weighted by molar-refractivity contribution is 7.89. The first kappa shape index (κ1) is 11.2. The standard InChI is InChI=1S/C6H14O4S/c1-3-7-5-9-11-10-6-8-4-2/h3-6H2,1-2H3. The quantitative estimate of drug-likeness (QED) is 0.323. The zero-order valence-corrected chi connectivity index (χ0v) is 7.69. The molecule has 4 nitrogen and oxygen atoms in total. The van der Waals surface area contributed by atoms with Crippen LogP contribution in [0.5, 0.6) is 0 Å². The second-order valence-electron chi connectivity index (χ2n) is 1.53. The van der Waals surface area contributed by atoms with Crippen molar-refractivity contribution in [3.05, 3.63) is 0 Å². The molecule has 5 heteroatoms. The zero-order chi connectivity index (χ0) is 8.36. The topological polar surface area (TPSA) is 36.9 Å². The van der Waals surface area contributed by atoms with Crippen LogP contribution < -0.4 is 0 Å². The molecule has 0 bridgehead atoms. The fraction of sp³-hybridized carbons (Fsp3) is 1.00. The molecule has 0 aromatic heterocycles. The van der Waals surface area contributed by atoms with Crippen molar-refractivity contribution in [2.24, 2.45) is 0 Å². The van der Waals surface area contributed by atoms with E-state index in [-0.39, 0.29) is 13.6 Å². The summed E-state index contributed by atoms with van der Waals surface area (Å²) in [5, 5.41) is 0. The van der Waals surface area contributed by atoms with Gasteiger partial charge in [0, 0.05) is 13.2 Å². The Bertz CT molecular complexity index is 63.6. The number of hydrogen-bond donors (Lipinski definition) is 0. The fourth-order valence-electron chi connectivity index (χ4n) is 0.308. The predicted octanol–water partition coefficient (Wildman–Crippen LogP) is 1.57. The molecule has 68 valence electrons. The van der Waals surface area contributed by atoms with Gasteiger partial charge in [0.25, 0.3) is 0 Å². The highest BCUT2D eigenvalue weighted by atomic mass is 32.2. The van der Waals surface area contributed by atoms with E-state index in [1.54, 1.807) is 0 Å². The Morgan fingerprint density at radius 2 is 1.36 bits per heavy atom. The Balaban J connectivity index is 2.69. The van der Waals surface area contributed by atoms with Gasteiger partial charge < -0.3 is 9.47 Å². The van der Waals surface area contributed by atoms with Crippen molar-refractivity contribution < 1.29 is 17.8 Å². The third-order valence-electron chi connectivity index (χ3n) is 0.767. The maximum Gasteiger partial charge on any atom is 0.163 e. The molecule has 0 unspecified atom stereocenters. The number of ether oxygens (including phenoxy) is 2. The molecule has 0 rings (SSSR count). The molecule has 0 aliphatic carbocycles. The molecular formula is C6H14O4S. The summed E-state index contributed by atoms with van der Waals surface area (Å²) >= 11 is 0.883. The third kappa shape index (κ3) is 10.2. The van der Waals surface area contributed by atoms with Crippen LogP contribution >= 0.6 is 12.3 Å². The van der Waals surface area contributed by atoms with E-state index >= 15 is 0 Å². The molecule has 0 aromatic carbocycles. The van der Waals surface area contributed by atoms with E-state index in [4.69, 9.17) is 17.8 Å². The Kier molecular flexibility index (Phi) is 10.4. The molecule has 0 aromatic rings. The van der Waals surface area contributed by atoms with Gasteiger partial charge in [-0.25, -0.2) is 0 Å². The van der Waals surface area contributed by atoms with Crippen LogP contribution in [0, 0.1) is 0 Å². The Labute approximate surface area is 71.6 Å². The van der Waals surface area contributed by atoms with E-state index in [1.807, 2.05) is 13.8 Å². The van der Waals surface area contributed by atoms with Gasteiger partial charge in [-0.05, 0) is 13.8 Å². The van der Waals surface area contributed by atoms with E-state index in [9.17, 15) is 0 Å². The van der Waals surface area contributed by atoms with Gasteiger partial charge in [0.1, 0.15) is 0 Å². The van der Waals surface area contributed by atoms with Crippen LogP contribution in [0.3, 0.4) is 0 Å². The first-order valence-corrected chi connectivity index (χ1v) is 4.15. The fourth-order valence-corrected chi connectivity index (χ4v) is 0.591. The average molecular weight is 182 g/mol. The highest BCUT2D eigenvalue weighted by Crippen LogP contribution is 2.03. The summed E-state index contributed by atoms with van der Waals surface area (Å²) in [6.07, 6.45) is 0. The lowest BCUT2D eigenvalue weighted by atomic mass is 10.9. The lowest BCUT2D eigenvalue weighted by Crippen LogP contribution is -1.97. The molecule has 0 saturated carbocycles. The van der Waals surface area contributed by atoms with Crippen LogP contribution in [0.15, 0.2) is 0 Å². The summed E-state index contributed by atoms with van der Waals surface area (Å²) in [6, 6.07) is 0. The smallest absolute Gasteiger partial charge is 0.163 e. The maximum absolute atomic E-state index is 4.88. The van der Waals surface area contributed by atoms with Crippen molar-refractivity contribution in [3.63, 3.8) is 0 Å². The van der Waals surface area contributed by atoms with Gasteiger partial charge in [-0.2, -0.15) is 0 Å². The molecule has 0 radical (unpaired) electrons. The second-order valence-corrected chi connectivity index (χ2v) is 2.13. The van der Waals surface area contributed by atoms with Gasteiger partial charge in [0.15, 0.2) is 25.9 Å². The molecule has 0 N–H and O–H groups in total. The largest absolute Gasteiger partial charge is 0.354 e. The summed E-state index contributed by atoms with van der Waals surface area (Å²) < 4.78 is 19.4. The summed E-state index contributed by atoms with van der Waals surface area (Å²) in [6.45, 7) is 5.57. The number of hydrogen-bond acceptors (Lipinski definition) is 5. The molecule has 0 atom stereocenters. The molecule has 0 amide bonds. The molecule has 0 heterocycles. The highest BCUT2D eigenvalue weighted by Gasteiger charge is 1.88. The minimum absolute atomic E-state index is 0.243. The predicted molar refractivity (Wildman–Crippen MR) is 42.7 cm³/mol. The van der Waals surface area contributed by atoms with Crippen molar-refractivity contribution >= 4 is 12.3 Å². The Hall–Kier alpha value is 0.190. The van der Waals surface area contributed by atoms with Crippen molar-refractivity contribution in [3.8, 4) is 0 Å². The molecule has 0 saturated heterocycles. The van der Waals surface area contributed by atoms with Gasteiger partial charge in [-0.3, -0.25) is 8.37 Å². The average Bonchev–Trinajstić information content (AvgIpc) is 2.03. The van der Waals surface area contributed by atoms with Gasteiger partial charge in [0.2, 0.25) is 0 Å². The van der Waals surface area contributed by atoms with Crippen molar-refractivity contribution in [1.82, 2.24) is 0 Å². The second kappa shape index (κ2) is 10.2. The third-order valence-corrected chi connectivity index (χ3v) is 1.15. The van der Waals surface area contributed by atoms with E-state index < -0.39 is 0 Å². The van der Waals surface area contributed by atoms with Crippen molar-refractivity contribution in [1.29, 1.82) is 0 Å². The minimum Gasteiger partial charge on any atom is -0.354 e. The van der Waals surface area contributed by atoms with Crippen LogP contribution in [0.1, 0.15) is 13.8 Å². The van der Waals surface area contributed by atoms with Crippen LogP contribution in [0.25, 0.3) is 0 Å². The zero-order valence-electron chi connectivity index (χ0n) is 6.87. The van der Waals surface area contributed by atoms with Crippen LogP contribution in [-0.2, 0) is 17.8 Å². The summed E-state index contributed by atoms with van der Waals surface area (Å²) in [5.41, 5.74) is 0. The lowest BCUT2D eigenvalue weighted by Gasteiger charge is -2.02. The van der Waals surface area contributed by atoms with E-state index in [0.717, 1.165) is 12.3 Å². The van der Waals surface area contributed by atoms with Gasteiger partial charge >= 0.3 is 0 Å². The van der Waals surface area contributed by atoms with Crippen molar-refractivity contribution in [2.45, 2.75) is 13.8 Å². The Morgan fingerprint density at radius 1 is 0.909 bits per heavy atom. The normalized spacial score (nSPS) is 10.4. The van der Waals surface area contributed by atoms with Crippen LogP contribution in [0.4, 0.5) is 0 Å². The minimum atomic E-state index is 0.243. The van der Waals surface area contributed by atoms with E-state index in [2.05, 4.69) is 0 Å². The summed E-state index contributed by atoms with van der Waals surface area (Å²) in [5.74, 6) is 0. The first-order chi connectivity index (χ1) is 5.41. The molecule has 0 fully saturated rings. The molecule has 0 aliphatic rings. The molecular weight excluding hydrogens is 168 g/mol. The van der Waals surface area contributed by atoms with E-state index in [1.165, 1.54) is 0 Å². The monoisotopic (exact) mass is 182 g/mol. The summed E-state index contributed by atoms with van der Waals surface area (Å²) in [7, 11) is 0. The van der Waals surface area contributed by atoms with Gasteiger partial charge in [-0.1, -0.05) is 0 Å². The van der Waals surface area contributed by atoms with Crippen LogP contribution in [-0.4, -0.2) is 26.8 Å². The van der Waals surface area contributed by atoms with Gasteiger partial charge in [-0.15, -0.1) is 0 Å². The number of rotatable bonds is 8. The molecule has 0 spiro atoms. The maximum atomic E-state index is 4.88. The molecule has 0 aliphatic heterocycles. The van der Waals surface area contributed by atoms with Crippen molar-refractivity contribution in [2.75, 3.05) is 26.8 Å².